The van der Waals surface area contributed by atoms with Crippen LogP contribution in [0, 0.1) is 0 Å². The van der Waals surface area contributed by atoms with Gasteiger partial charge in [0, 0.05) is 55.8 Å². The lowest BCUT2D eigenvalue weighted by Crippen LogP contribution is -2.53. The van der Waals surface area contributed by atoms with E-state index in [-0.39, 0.29) is 18.4 Å². The predicted octanol–water partition coefficient (Wildman–Crippen LogP) is 0.753. The van der Waals surface area contributed by atoms with Crippen molar-refractivity contribution >= 4 is 34.5 Å². The van der Waals surface area contributed by atoms with Crippen LogP contribution in [0.25, 0.3) is 10.8 Å². The first-order chi connectivity index (χ1) is 14.0. The summed E-state index contributed by atoms with van der Waals surface area (Å²) in [5, 5.41) is 1.60. The monoisotopic (exact) mass is 395 g/mol. The molecule has 0 saturated carbocycles. The molecule has 0 aliphatic carbocycles. The van der Waals surface area contributed by atoms with Gasteiger partial charge in [-0.15, -0.1) is 0 Å². The minimum absolute atomic E-state index is 0.271. The maximum atomic E-state index is 12.9. The number of methoxy groups -OCH3 is 1. The molecular formula is C21H21N3O5. The van der Waals surface area contributed by atoms with Crippen molar-refractivity contribution in [1.82, 2.24) is 14.7 Å². The van der Waals surface area contributed by atoms with Gasteiger partial charge in [-0.3, -0.25) is 24.2 Å². The Morgan fingerprint density at radius 3 is 2.03 bits per heavy atom. The molecular weight excluding hydrogens is 374 g/mol. The van der Waals surface area contributed by atoms with Crippen LogP contribution < -0.4 is 0 Å². The second-order valence-electron chi connectivity index (χ2n) is 7.10. The van der Waals surface area contributed by atoms with Crippen molar-refractivity contribution < 1.29 is 23.9 Å². The van der Waals surface area contributed by atoms with Crippen molar-refractivity contribution in [3.8, 4) is 0 Å². The number of carbonyl (C=O) groups is 4. The van der Waals surface area contributed by atoms with Gasteiger partial charge in [0.15, 0.2) is 0 Å². The molecule has 2 heterocycles. The summed E-state index contributed by atoms with van der Waals surface area (Å²) >= 11 is 0. The van der Waals surface area contributed by atoms with E-state index < -0.39 is 11.9 Å². The number of carbonyl (C=O) groups excluding carboxylic acids is 4. The standard InChI is InChI=1S/C21H21N3O5/c1-29-21(28)20(27)23-11-8-22(9-12-23)10-13-24-18(25)15-6-2-4-14-5-3-7-16(17(14)15)19(24)26/h2-7H,8-13H2,1H3. The summed E-state index contributed by atoms with van der Waals surface area (Å²) in [5.74, 6) is -2.06. The first-order valence-corrected chi connectivity index (χ1v) is 9.49. The fourth-order valence-corrected chi connectivity index (χ4v) is 3.92. The number of rotatable bonds is 3. The van der Waals surface area contributed by atoms with E-state index >= 15 is 0 Å². The first-order valence-electron chi connectivity index (χ1n) is 9.49. The van der Waals surface area contributed by atoms with Gasteiger partial charge >= 0.3 is 11.9 Å². The molecule has 0 atom stereocenters. The molecule has 2 aliphatic heterocycles. The zero-order chi connectivity index (χ0) is 20.5. The molecule has 3 amide bonds. The Kier molecular flexibility index (Phi) is 5.02. The Balaban J connectivity index is 1.41. The highest BCUT2D eigenvalue weighted by Gasteiger charge is 2.33. The Hall–Kier alpha value is -3.26. The number of hydrogen-bond acceptors (Lipinski definition) is 6. The first kappa shape index (κ1) is 19.1. The van der Waals surface area contributed by atoms with E-state index in [9.17, 15) is 19.2 Å². The van der Waals surface area contributed by atoms with Gasteiger partial charge in [-0.05, 0) is 17.5 Å². The van der Waals surface area contributed by atoms with Gasteiger partial charge in [0.2, 0.25) is 0 Å². The van der Waals surface area contributed by atoms with Gasteiger partial charge in [0.25, 0.3) is 11.8 Å². The molecule has 1 fully saturated rings. The molecule has 1 saturated heterocycles. The summed E-state index contributed by atoms with van der Waals surface area (Å²) in [6.45, 7) is 2.70. The van der Waals surface area contributed by atoms with Crippen LogP contribution in [0.4, 0.5) is 0 Å². The number of benzene rings is 2. The Morgan fingerprint density at radius 2 is 1.48 bits per heavy atom. The second kappa shape index (κ2) is 7.63. The lowest BCUT2D eigenvalue weighted by Gasteiger charge is -2.35. The van der Waals surface area contributed by atoms with Crippen LogP contribution in [0.5, 0.6) is 0 Å². The summed E-state index contributed by atoms with van der Waals surface area (Å²) in [6.07, 6.45) is 0. The van der Waals surface area contributed by atoms with Gasteiger partial charge in [-0.2, -0.15) is 0 Å². The largest absolute Gasteiger partial charge is 0.462 e. The Labute approximate surface area is 167 Å². The fraction of sp³-hybridized carbons (Fsp3) is 0.333. The number of ether oxygens (including phenoxy) is 1. The summed E-state index contributed by atoms with van der Waals surface area (Å²) in [5.41, 5.74) is 1.09. The second-order valence-corrected chi connectivity index (χ2v) is 7.10. The minimum Gasteiger partial charge on any atom is -0.462 e. The van der Waals surface area contributed by atoms with Crippen LogP contribution in [-0.4, -0.2) is 84.8 Å². The number of imide groups is 1. The van der Waals surface area contributed by atoms with E-state index in [2.05, 4.69) is 9.64 Å². The molecule has 0 bridgehead atoms. The zero-order valence-corrected chi connectivity index (χ0v) is 16.1. The molecule has 8 nitrogen and oxygen atoms in total. The Bertz CT molecular complexity index is 960. The number of amides is 3. The molecule has 2 aromatic carbocycles. The van der Waals surface area contributed by atoms with E-state index in [0.29, 0.717) is 43.9 Å². The zero-order valence-electron chi connectivity index (χ0n) is 16.1. The van der Waals surface area contributed by atoms with Crippen molar-refractivity contribution in [3.63, 3.8) is 0 Å². The molecule has 0 unspecified atom stereocenters. The smallest absolute Gasteiger partial charge is 0.396 e. The minimum atomic E-state index is -0.865. The van der Waals surface area contributed by atoms with Gasteiger partial charge in [-0.1, -0.05) is 24.3 Å². The highest BCUT2D eigenvalue weighted by Crippen LogP contribution is 2.29. The SMILES string of the molecule is COC(=O)C(=O)N1CCN(CCN2C(=O)c3cccc4cccc(c34)C2=O)CC1. The van der Waals surface area contributed by atoms with Crippen LogP contribution in [0.1, 0.15) is 20.7 Å². The molecule has 0 aromatic heterocycles. The molecule has 0 radical (unpaired) electrons. The van der Waals surface area contributed by atoms with Crippen LogP contribution >= 0.6 is 0 Å². The normalized spacial score (nSPS) is 17.0. The number of nitrogens with zero attached hydrogens (tertiary/aromatic N) is 3. The van der Waals surface area contributed by atoms with Crippen LogP contribution in [0.15, 0.2) is 36.4 Å². The third-order valence-electron chi connectivity index (χ3n) is 5.52. The highest BCUT2D eigenvalue weighted by atomic mass is 16.5. The molecule has 4 rings (SSSR count). The molecule has 0 N–H and O–H groups in total. The van der Waals surface area contributed by atoms with Crippen molar-refractivity contribution in [2.45, 2.75) is 0 Å². The van der Waals surface area contributed by atoms with Gasteiger partial charge in [-0.25, -0.2) is 4.79 Å². The molecule has 29 heavy (non-hydrogen) atoms. The highest BCUT2D eigenvalue weighted by molar-refractivity contribution is 6.32. The third-order valence-corrected chi connectivity index (χ3v) is 5.52. The lowest BCUT2D eigenvalue weighted by molar-refractivity contribution is -0.159. The van der Waals surface area contributed by atoms with Gasteiger partial charge in [0.05, 0.1) is 7.11 Å². The average molecular weight is 395 g/mol. The Morgan fingerprint density at radius 1 is 0.897 bits per heavy atom. The number of piperazine rings is 1. The van der Waals surface area contributed by atoms with E-state index in [0.717, 1.165) is 10.8 Å². The topological polar surface area (TPSA) is 87.2 Å². The van der Waals surface area contributed by atoms with Crippen LogP contribution in [-0.2, 0) is 14.3 Å². The van der Waals surface area contributed by atoms with Crippen molar-refractivity contribution in [2.24, 2.45) is 0 Å². The van der Waals surface area contributed by atoms with Crippen molar-refractivity contribution in [2.75, 3.05) is 46.4 Å². The van der Waals surface area contributed by atoms with Crippen molar-refractivity contribution in [1.29, 1.82) is 0 Å². The average Bonchev–Trinajstić information content (AvgIpc) is 2.76. The summed E-state index contributed by atoms with van der Waals surface area (Å²) < 4.78 is 4.47. The van der Waals surface area contributed by atoms with Crippen molar-refractivity contribution in [3.05, 3.63) is 47.5 Å². The molecule has 0 spiro atoms. The van der Waals surface area contributed by atoms with E-state index in [1.54, 1.807) is 12.1 Å². The predicted molar refractivity (Wildman–Crippen MR) is 104 cm³/mol. The molecule has 150 valence electrons. The number of hydrogen-bond donors (Lipinski definition) is 0. The van der Waals surface area contributed by atoms with Gasteiger partial charge in [0.1, 0.15) is 0 Å². The van der Waals surface area contributed by atoms with E-state index in [4.69, 9.17) is 0 Å². The maximum Gasteiger partial charge on any atom is 0.396 e. The summed E-state index contributed by atoms with van der Waals surface area (Å²) in [4.78, 5) is 53.9. The fourth-order valence-electron chi connectivity index (χ4n) is 3.92. The summed E-state index contributed by atoms with van der Waals surface area (Å²) in [7, 11) is 1.18. The van der Waals surface area contributed by atoms with Crippen LogP contribution in [0.3, 0.4) is 0 Å². The van der Waals surface area contributed by atoms with E-state index in [1.807, 2.05) is 24.3 Å². The van der Waals surface area contributed by atoms with Gasteiger partial charge < -0.3 is 9.64 Å². The molecule has 2 aromatic rings. The number of esters is 1. The molecule has 2 aliphatic rings. The van der Waals surface area contributed by atoms with E-state index in [1.165, 1.54) is 16.9 Å². The molecule has 8 heteroatoms. The lowest BCUT2D eigenvalue weighted by atomic mass is 9.94. The van der Waals surface area contributed by atoms with Crippen LogP contribution in [0.2, 0.25) is 0 Å². The maximum absolute atomic E-state index is 12.9. The quantitative estimate of drug-likeness (QED) is 0.433. The third kappa shape index (κ3) is 3.36. The summed E-state index contributed by atoms with van der Waals surface area (Å²) in [6, 6.07) is 11.0.